The van der Waals surface area contributed by atoms with E-state index in [9.17, 15) is 27.2 Å². The summed E-state index contributed by atoms with van der Waals surface area (Å²) in [5, 5.41) is 2.46. The van der Waals surface area contributed by atoms with Crippen LogP contribution in [-0.2, 0) is 13.1 Å². The summed E-state index contributed by atoms with van der Waals surface area (Å²) < 4.78 is 60.9. The number of hydrogen-bond donors (Lipinski definition) is 1. The standard InChI is InChI=1S/C26H22ClF4N3O3/c1-13-17-5-4-14(25(35)32-11-18-21(29)7-15(28)8-22(18)30)6-24(17)34(26(36)33(13)2)12-19-20(27)9-16(37-3)10-23(19)31/h4-10,13H,11-12H2,1-3H3,(H,32,35). The highest BCUT2D eigenvalue weighted by atomic mass is 35.5. The molecule has 1 N–H and O–H groups in total. The summed E-state index contributed by atoms with van der Waals surface area (Å²) in [7, 11) is 2.97. The van der Waals surface area contributed by atoms with Crippen molar-refractivity contribution in [2.45, 2.75) is 26.1 Å². The van der Waals surface area contributed by atoms with Gasteiger partial charge in [-0.15, -0.1) is 0 Å². The van der Waals surface area contributed by atoms with Crippen molar-refractivity contribution in [1.82, 2.24) is 10.2 Å². The fraction of sp³-hybridized carbons (Fsp3) is 0.231. The second kappa shape index (κ2) is 10.3. The van der Waals surface area contributed by atoms with E-state index >= 15 is 0 Å². The van der Waals surface area contributed by atoms with Crippen LogP contribution in [0.15, 0.2) is 42.5 Å². The molecule has 1 unspecified atom stereocenters. The molecule has 3 amide bonds. The maximum Gasteiger partial charge on any atom is 0.325 e. The van der Waals surface area contributed by atoms with Crippen molar-refractivity contribution in [3.63, 3.8) is 0 Å². The number of amides is 3. The van der Waals surface area contributed by atoms with Gasteiger partial charge in [0.2, 0.25) is 0 Å². The minimum atomic E-state index is -1.13. The van der Waals surface area contributed by atoms with Crippen molar-refractivity contribution < 1.29 is 31.9 Å². The smallest absolute Gasteiger partial charge is 0.325 e. The molecule has 3 aromatic rings. The molecule has 0 saturated heterocycles. The number of carbonyl (C=O) groups is 2. The molecule has 11 heteroatoms. The van der Waals surface area contributed by atoms with Crippen LogP contribution in [0, 0.1) is 23.3 Å². The summed E-state index contributed by atoms with van der Waals surface area (Å²) in [5.41, 5.74) is 0.705. The van der Waals surface area contributed by atoms with E-state index < -0.39 is 47.3 Å². The largest absolute Gasteiger partial charge is 0.497 e. The Hall–Kier alpha value is -3.79. The van der Waals surface area contributed by atoms with E-state index in [1.165, 1.54) is 35.1 Å². The van der Waals surface area contributed by atoms with E-state index in [2.05, 4.69) is 5.32 Å². The third-order valence-corrected chi connectivity index (χ3v) is 6.68. The monoisotopic (exact) mass is 535 g/mol. The Morgan fingerprint density at radius 2 is 1.68 bits per heavy atom. The fourth-order valence-electron chi connectivity index (χ4n) is 4.11. The van der Waals surface area contributed by atoms with E-state index in [0.29, 0.717) is 23.4 Å². The van der Waals surface area contributed by atoms with Gasteiger partial charge in [-0.1, -0.05) is 17.7 Å². The number of fused-ring (bicyclic) bond motifs is 1. The van der Waals surface area contributed by atoms with Gasteiger partial charge in [-0.25, -0.2) is 22.4 Å². The van der Waals surface area contributed by atoms with E-state index in [1.54, 1.807) is 20.0 Å². The first-order chi connectivity index (χ1) is 17.5. The predicted octanol–water partition coefficient (Wildman–Crippen LogP) is 5.97. The first-order valence-corrected chi connectivity index (χ1v) is 11.5. The summed E-state index contributed by atoms with van der Waals surface area (Å²) in [6, 6.07) is 7.43. The second-order valence-corrected chi connectivity index (χ2v) is 8.94. The number of nitrogens with one attached hydrogen (secondary N) is 1. The quantitative estimate of drug-likeness (QED) is 0.396. The maximum absolute atomic E-state index is 14.8. The van der Waals surface area contributed by atoms with Gasteiger partial charge >= 0.3 is 6.03 Å². The summed E-state index contributed by atoms with van der Waals surface area (Å²) >= 11 is 6.27. The van der Waals surface area contributed by atoms with Crippen molar-refractivity contribution in [3.05, 3.63) is 93.0 Å². The number of anilines is 1. The molecule has 194 valence electrons. The molecule has 3 aromatic carbocycles. The second-order valence-electron chi connectivity index (χ2n) is 8.53. The zero-order chi connectivity index (χ0) is 27.0. The van der Waals surface area contributed by atoms with E-state index in [-0.39, 0.29) is 34.5 Å². The lowest BCUT2D eigenvalue weighted by atomic mass is 9.98. The summed E-state index contributed by atoms with van der Waals surface area (Å²) in [4.78, 5) is 28.8. The Morgan fingerprint density at radius 1 is 1.03 bits per heavy atom. The van der Waals surface area contributed by atoms with Crippen LogP contribution < -0.4 is 15.0 Å². The zero-order valence-corrected chi connectivity index (χ0v) is 20.8. The lowest BCUT2D eigenvalue weighted by molar-refractivity contribution is 0.0950. The molecule has 1 aliphatic heterocycles. The number of rotatable bonds is 6. The number of hydrogen-bond acceptors (Lipinski definition) is 3. The highest BCUT2D eigenvalue weighted by Gasteiger charge is 2.34. The molecular formula is C26H22ClF4N3O3. The number of halogens is 5. The van der Waals surface area contributed by atoms with Crippen LogP contribution in [0.5, 0.6) is 5.75 Å². The van der Waals surface area contributed by atoms with Gasteiger partial charge in [-0.3, -0.25) is 9.69 Å². The number of nitrogens with zero attached hydrogens (tertiary/aromatic N) is 2. The third-order valence-electron chi connectivity index (χ3n) is 6.35. The van der Waals surface area contributed by atoms with Crippen molar-refractivity contribution in [2.75, 3.05) is 19.1 Å². The molecule has 0 spiro atoms. The van der Waals surface area contributed by atoms with Crippen LogP contribution in [0.3, 0.4) is 0 Å². The molecule has 0 saturated carbocycles. The SMILES string of the molecule is COc1cc(F)c(CN2C(=O)N(C)C(C)c3ccc(C(=O)NCc4c(F)cc(F)cc4F)cc32)c(Cl)c1. The van der Waals surface area contributed by atoms with E-state index in [1.807, 2.05) is 0 Å². The van der Waals surface area contributed by atoms with Gasteiger partial charge in [0.1, 0.15) is 29.0 Å². The van der Waals surface area contributed by atoms with Crippen molar-refractivity contribution >= 4 is 29.2 Å². The Balaban J connectivity index is 1.66. The lowest BCUT2D eigenvalue weighted by Crippen LogP contribution is -2.46. The average molecular weight is 536 g/mol. The molecule has 0 radical (unpaired) electrons. The van der Waals surface area contributed by atoms with E-state index in [0.717, 1.165) is 6.07 Å². The van der Waals surface area contributed by atoms with Gasteiger partial charge in [0.05, 0.1) is 30.4 Å². The minimum Gasteiger partial charge on any atom is -0.497 e. The van der Waals surface area contributed by atoms with Gasteiger partial charge < -0.3 is 15.0 Å². The van der Waals surface area contributed by atoms with Gasteiger partial charge in [0.25, 0.3) is 5.91 Å². The molecule has 1 heterocycles. The molecule has 6 nitrogen and oxygen atoms in total. The van der Waals surface area contributed by atoms with Gasteiger partial charge in [0, 0.05) is 48.5 Å². The predicted molar refractivity (Wildman–Crippen MR) is 130 cm³/mol. The fourth-order valence-corrected chi connectivity index (χ4v) is 4.37. The molecule has 0 bridgehead atoms. The Morgan fingerprint density at radius 3 is 2.30 bits per heavy atom. The highest BCUT2D eigenvalue weighted by molar-refractivity contribution is 6.31. The van der Waals surface area contributed by atoms with Gasteiger partial charge in [-0.05, 0) is 30.7 Å². The summed E-state index contributed by atoms with van der Waals surface area (Å²) in [6.45, 7) is 1.05. The zero-order valence-electron chi connectivity index (χ0n) is 20.0. The van der Waals surface area contributed by atoms with Crippen LogP contribution >= 0.6 is 11.6 Å². The van der Waals surface area contributed by atoms with Gasteiger partial charge in [0.15, 0.2) is 0 Å². The first kappa shape index (κ1) is 26.3. The maximum atomic E-state index is 14.8. The molecule has 0 aromatic heterocycles. The lowest BCUT2D eigenvalue weighted by Gasteiger charge is -2.39. The first-order valence-electron chi connectivity index (χ1n) is 11.1. The Bertz CT molecular complexity index is 1360. The highest BCUT2D eigenvalue weighted by Crippen LogP contribution is 2.38. The molecule has 4 rings (SSSR count). The molecule has 37 heavy (non-hydrogen) atoms. The average Bonchev–Trinajstić information content (AvgIpc) is 2.85. The minimum absolute atomic E-state index is 0.0573. The number of urea groups is 1. The third kappa shape index (κ3) is 5.06. The number of carbonyl (C=O) groups excluding carboxylic acids is 2. The van der Waals surface area contributed by atoms with Crippen molar-refractivity contribution in [2.24, 2.45) is 0 Å². The Labute approximate surface area is 215 Å². The molecule has 1 atom stereocenters. The van der Waals surface area contributed by atoms with Crippen LogP contribution in [-0.4, -0.2) is 31.0 Å². The van der Waals surface area contributed by atoms with Crippen LogP contribution in [0.2, 0.25) is 5.02 Å². The number of methoxy groups -OCH3 is 1. The topological polar surface area (TPSA) is 61.9 Å². The molecule has 0 aliphatic carbocycles. The summed E-state index contributed by atoms with van der Waals surface area (Å²) in [5.74, 6) is -4.46. The van der Waals surface area contributed by atoms with Gasteiger partial charge in [-0.2, -0.15) is 0 Å². The number of ether oxygens (including phenoxy) is 1. The molecular weight excluding hydrogens is 514 g/mol. The molecule has 0 fully saturated rings. The van der Waals surface area contributed by atoms with Crippen molar-refractivity contribution in [3.8, 4) is 5.75 Å². The van der Waals surface area contributed by atoms with Crippen LogP contribution in [0.25, 0.3) is 0 Å². The van der Waals surface area contributed by atoms with Crippen molar-refractivity contribution in [1.29, 1.82) is 0 Å². The van der Waals surface area contributed by atoms with Crippen LogP contribution in [0.4, 0.5) is 28.0 Å². The van der Waals surface area contributed by atoms with Crippen LogP contribution in [0.1, 0.15) is 40.0 Å². The van der Waals surface area contributed by atoms with E-state index in [4.69, 9.17) is 16.3 Å². The summed E-state index contributed by atoms with van der Waals surface area (Å²) in [6.07, 6.45) is 0. The molecule has 1 aliphatic rings. The normalized spacial score (nSPS) is 15.0. The number of benzene rings is 3. The Kier molecular flexibility index (Phi) is 7.31.